The monoisotopic (exact) mass is 399 g/mol. The lowest BCUT2D eigenvalue weighted by atomic mass is 10.1. The summed E-state index contributed by atoms with van der Waals surface area (Å²) in [5, 5.41) is 7.67. The Morgan fingerprint density at radius 3 is 2.68 bits per heavy atom. The van der Waals surface area contributed by atoms with Crippen LogP contribution in [0.4, 0.5) is 15.2 Å². The minimum atomic E-state index is -0.903. The van der Waals surface area contributed by atoms with Crippen molar-refractivity contribution in [1.29, 1.82) is 0 Å². The lowest BCUT2D eigenvalue weighted by Crippen LogP contribution is -2.40. The number of amides is 1. The van der Waals surface area contributed by atoms with Crippen molar-refractivity contribution in [3.63, 3.8) is 0 Å². The molecule has 0 spiro atoms. The molecule has 8 heteroatoms. The molecular formula is C20H22FN5OS. The van der Waals surface area contributed by atoms with E-state index in [1.54, 1.807) is 36.9 Å². The predicted octanol–water partition coefficient (Wildman–Crippen LogP) is 3.90. The normalized spacial score (nSPS) is 14.2. The van der Waals surface area contributed by atoms with Gasteiger partial charge < -0.3 is 5.73 Å². The van der Waals surface area contributed by atoms with Crippen LogP contribution in [0.1, 0.15) is 48.7 Å². The lowest BCUT2D eigenvalue weighted by Gasteiger charge is -2.23. The Bertz CT molecular complexity index is 1000. The molecule has 3 N–H and O–H groups in total. The van der Waals surface area contributed by atoms with Gasteiger partial charge in [-0.2, -0.15) is 5.10 Å². The Balaban J connectivity index is 1.55. The molecule has 2 heterocycles. The molecule has 3 aromatic rings. The standard InChI is InChI=1S/C20H22FN5OS/c1-20(2,26-11-15(22)10-23-26)18(27)25-19-24-17(13-5-6-13)16(28-19)9-12-3-7-14(21)8-4-12/h3-4,7-8,10-11,13H,5-6,9,22H2,1-2H3,(H,24,25,27). The van der Waals surface area contributed by atoms with Crippen LogP contribution in [0.25, 0.3) is 0 Å². The average Bonchev–Trinajstić information content (AvgIpc) is 3.28. The molecule has 1 aliphatic rings. The number of nitrogen functional groups attached to an aromatic ring is 1. The molecule has 1 aromatic carbocycles. The molecule has 0 aliphatic heterocycles. The summed E-state index contributed by atoms with van der Waals surface area (Å²) < 4.78 is 14.7. The second-order valence-corrected chi connectivity index (χ2v) is 8.72. The molecular weight excluding hydrogens is 377 g/mol. The van der Waals surface area contributed by atoms with Crippen LogP contribution in [-0.4, -0.2) is 20.7 Å². The van der Waals surface area contributed by atoms with E-state index in [4.69, 9.17) is 10.7 Å². The van der Waals surface area contributed by atoms with E-state index in [9.17, 15) is 9.18 Å². The Morgan fingerprint density at radius 1 is 1.36 bits per heavy atom. The number of carbonyl (C=O) groups excluding carboxylic acids is 1. The highest BCUT2D eigenvalue weighted by molar-refractivity contribution is 7.15. The number of nitrogens with one attached hydrogen (secondary N) is 1. The fourth-order valence-electron chi connectivity index (χ4n) is 3.00. The third-order valence-corrected chi connectivity index (χ3v) is 5.91. The van der Waals surface area contributed by atoms with Gasteiger partial charge in [-0.3, -0.25) is 14.8 Å². The number of halogens is 1. The van der Waals surface area contributed by atoms with Gasteiger partial charge >= 0.3 is 0 Å². The molecule has 0 atom stereocenters. The minimum absolute atomic E-state index is 0.208. The van der Waals surface area contributed by atoms with E-state index in [0.29, 0.717) is 23.2 Å². The number of hydrogen-bond donors (Lipinski definition) is 2. The molecule has 4 rings (SSSR count). The first-order valence-electron chi connectivity index (χ1n) is 9.19. The Labute approximate surface area is 166 Å². The molecule has 1 fully saturated rings. The van der Waals surface area contributed by atoms with Gasteiger partial charge in [0.15, 0.2) is 5.13 Å². The summed E-state index contributed by atoms with van der Waals surface area (Å²) in [5.74, 6) is 0.00113. The SMILES string of the molecule is CC(C)(C(=O)Nc1nc(C2CC2)c(Cc2ccc(F)cc2)s1)n1cc(N)cn1. The van der Waals surface area contributed by atoms with E-state index < -0.39 is 5.54 Å². The second kappa shape index (κ2) is 7.01. The van der Waals surface area contributed by atoms with E-state index >= 15 is 0 Å². The highest BCUT2D eigenvalue weighted by atomic mass is 32.1. The molecule has 1 saturated carbocycles. The molecule has 1 aliphatic carbocycles. The summed E-state index contributed by atoms with van der Waals surface area (Å²) in [6.45, 7) is 3.56. The second-order valence-electron chi connectivity index (χ2n) is 7.64. The highest BCUT2D eigenvalue weighted by Gasteiger charge is 2.33. The number of hydrogen-bond acceptors (Lipinski definition) is 5. The van der Waals surface area contributed by atoms with Crippen molar-refractivity contribution >= 4 is 28.1 Å². The van der Waals surface area contributed by atoms with E-state index in [1.807, 2.05) is 0 Å². The fraction of sp³-hybridized carbons (Fsp3) is 0.350. The summed E-state index contributed by atoms with van der Waals surface area (Å²) in [6.07, 6.45) is 6.07. The summed E-state index contributed by atoms with van der Waals surface area (Å²) >= 11 is 1.48. The maximum absolute atomic E-state index is 13.2. The number of nitrogens with zero attached hydrogens (tertiary/aromatic N) is 3. The lowest BCUT2D eigenvalue weighted by molar-refractivity contribution is -0.123. The van der Waals surface area contributed by atoms with E-state index in [-0.39, 0.29) is 11.7 Å². The number of nitrogens with two attached hydrogens (primary N) is 1. The number of anilines is 2. The minimum Gasteiger partial charge on any atom is -0.396 e. The van der Waals surface area contributed by atoms with Crippen LogP contribution >= 0.6 is 11.3 Å². The number of rotatable bonds is 6. The third-order valence-electron chi connectivity index (χ3n) is 4.92. The molecule has 6 nitrogen and oxygen atoms in total. The van der Waals surface area contributed by atoms with Gasteiger partial charge in [-0.05, 0) is 44.4 Å². The number of benzene rings is 1. The van der Waals surface area contributed by atoms with Crippen molar-refractivity contribution in [2.45, 2.75) is 44.6 Å². The zero-order valence-electron chi connectivity index (χ0n) is 15.8. The quantitative estimate of drug-likeness (QED) is 0.658. The molecule has 0 unspecified atom stereocenters. The maximum Gasteiger partial charge on any atom is 0.253 e. The van der Waals surface area contributed by atoms with Gasteiger partial charge in [-0.25, -0.2) is 9.37 Å². The first-order chi connectivity index (χ1) is 13.3. The Morgan fingerprint density at radius 2 is 2.07 bits per heavy atom. The van der Waals surface area contributed by atoms with Gasteiger partial charge in [0, 0.05) is 23.4 Å². The van der Waals surface area contributed by atoms with E-state index in [2.05, 4.69) is 10.4 Å². The van der Waals surface area contributed by atoms with Crippen LogP contribution in [0.2, 0.25) is 0 Å². The van der Waals surface area contributed by atoms with Gasteiger partial charge in [0.1, 0.15) is 11.4 Å². The molecule has 28 heavy (non-hydrogen) atoms. The first-order valence-corrected chi connectivity index (χ1v) is 10.0. The fourth-order valence-corrected chi connectivity index (χ4v) is 4.08. The van der Waals surface area contributed by atoms with Crippen molar-refractivity contribution in [2.75, 3.05) is 11.1 Å². The van der Waals surface area contributed by atoms with Gasteiger partial charge in [0.2, 0.25) is 0 Å². The summed E-state index contributed by atoms with van der Waals surface area (Å²) in [6, 6.07) is 6.51. The molecule has 0 saturated heterocycles. The summed E-state index contributed by atoms with van der Waals surface area (Å²) in [5.41, 5.74) is 7.40. The topological polar surface area (TPSA) is 85.8 Å². The van der Waals surface area contributed by atoms with Crippen LogP contribution < -0.4 is 11.1 Å². The molecule has 146 valence electrons. The van der Waals surface area contributed by atoms with E-state index in [0.717, 1.165) is 29.0 Å². The summed E-state index contributed by atoms with van der Waals surface area (Å²) in [7, 11) is 0. The van der Waals surface area contributed by atoms with Crippen molar-refractivity contribution < 1.29 is 9.18 Å². The number of aromatic nitrogens is 3. The van der Waals surface area contributed by atoms with Gasteiger partial charge in [-0.15, -0.1) is 11.3 Å². The predicted molar refractivity (Wildman–Crippen MR) is 108 cm³/mol. The molecule has 1 amide bonds. The summed E-state index contributed by atoms with van der Waals surface area (Å²) in [4.78, 5) is 18.7. The highest BCUT2D eigenvalue weighted by Crippen LogP contribution is 2.44. The first kappa shape index (κ1) is 18.6. The van der Waals surface area contributed by atoms with Gasteiger partial charge in [0.25, 0.3) is 5.91 Å². The average molecular weight is 399 g/mol. The van der Waals surface area contributed by atoms with Crippen molar-refractivity contribution in [1.82, 2.24) is 14.8 Å². The largest absolute Gasteiger partial charge is 0.396 e. The molecule has 0 radical (unpaired) electrons. The third kappa shape index (κ3) is 3.77. The zero-order chi connectivity index (χ0) is 19.9. The van der Waals surface area contributed by atoms with Crippen molar-refractivity contribution in [3.05, 3.63) is 58.6 Å². The van der Waals surface area contributed by atoms with Crippen molar-refractivity contribution in [2.24, 2.45) is 0 Å². The Kier molecular flexibility index (Phi) is 4.66. The van der Waals surface area contributed by atoms with Crippen LogP contribution in [0, 0.1) is 5.82 Å². The van der Waals surface area contributed by atoms with E-state index in [1.165, 1.54) is 29.7 Å². The zero-order valence-corrected chi connectivity index (χ0v) is 16.6. The van der Waals surface area contributed by atoms with Gasteiger partial charge in [0.05, 0.1) is 17.6 Å². The smallest absolute Gasteiger partial charge is 0.253 e. The van der Waals surface area contributed by atoms with Crippen LogP contribution in [0.15, 0.2) is 36.7 Å². The molecule has 0 bridgehead atoms. The number of carbonyl (C=O) groups is 1. The Hall–Kier alpha value is -2.74. The van der Waals surface area contributed by atoms with Crippen molar-refractivity contribution in [3.8, 4) is 0 Å². The maximum atomic E-state index is 13.2. The van der Waals surface area contributed by atoms with Gasteiger partial charge in [-0.1, -0.05) is 12.1 Å². The van der Waals surface area contributed by atoms with Crippen LogP contribution in [0.5, 0.6) is 0 Å². The molecule has 2 aromatic heterocycles. The van der Waals surface area contributed by atoms with Crippen LogP contribution in [-0.2, 0) is 16.8 Å². The van der Waals surface area contributed by atoms with Crippen LogP contribution in [0.3, 0.4) is 0 Å². The number of thiazole rings is 1.